The van der Waals surface area contributed by atoms with Crippen molar-refractivity contribution in [3.8, 4) is 11.6 Å². The van der Waals surface area contributed by atoms with E-state index in [0.29, 0.717) is 5.03 Å². The average Bonchev–Trinajstić information content (AvgIpc) is 2.47. The van der Waals surface area contributed by atoms with Gasteiger partial charge in [-0.25, -0.2) is 4.79 Å². The number of nitrogens with zero attached hydrogens (tertiary/aromatic N) is 2. The van der Waals surface area contributed by atoms with E-state index in [1.165, 1.54) is 23.9 Å². The number of alkyl halides is 3. The van der Waals surface area contributed by atoms with Crippen LogP contribution in [0.1, 0.15) is 15.9 Å². The molecule has 0 saturated carbocycles. The molecular weight excluding hydrogens is 321 g/mol. The van der Waals surface area contributed by atoms with Gasteiger partial charge >= 0.3 is 12.1 Å². The molecule has 0 aliphatic heterocycles. The minimum atomic E-state index is -4.52. The number of ether oxygens (including phenoxy) is 1. The molecule has 0 spiro atoms. The molecular formula is C13H9F3N2O3S. The van der Waals surface area contributed by atoms with Gasteiger partial charge < -0.3 is 9.84 Å². The van der Waals surface area contributed by atoms with Crippen LogP contribution in [0.15, 0.2) is 35.4 Å². The zero-order valence-electron chi connectivity index (χ0n) is 11.1. The molecule has 9 heteroatoms. The Kier molecular flexibility index (Phi) is 4.55. The number of thioether (sulfide) groups is 1. The summed E-state index contributed by atoms with van der Waals surface area (Å²) in [6.07, 6.45) is -2.84. The Bertz CT molecular complexity index is 707. The highest BCUT2D eigenvalue weighted by atomic mass is 32.2. The van der Waals surface area contributed by atoms with Crippen molar-refractivity contribution in [2.45, 2.75) is 11.2 Å². The first-order valence-electron chi connectivity index (χ1n) is 5.81. The summed E-state index contributed by atoms with van der Waals surface area (Å²) >= 11 is 1.18. The van der Waals surface area contributed by atoms with Crippen molar-refractivity contribution >= 4 is 17.7 Å². The number of hydrogen-bond donors (Lipinski definition) is 1. The molecule has 0 unspecified atom stereocenters. The van der Waals surface area contributed by atoms with Crippen LogP contribution in [-0.2, 0) is 6.18 Å². The molecule has 2 rings (SSSR count). The Hall–Kier alpha value is -2.29. The number of aromatic carboxylic acids is 1. The third-order valence-electron chi connectivity index (χ3n) is 2.55. The van der Waals surface area contributed by atoms with Gasteiger partial charge in [0.1, 0.15) is 16.3 Å². The summed E-state index contributed by atoms with van der Waals surface area (Å²) in [4.78, 5) is 11.2. The van der Waals surface area contributed by atoms with E-state index in [9.17, 15) is 18.0 Å². The van der Waals surface area contributed by atoms with Gasteiger partial charge in [-0.15, -0.1) is 22.0 Å². The fourth-order valence-electron chi connectivity index (χ4n) is 1.54. The van der Waals surface area contributed by atoms with Gasteiger partial charge in [-0.2, -0.15) is 13.2 Å². The van der Waals surface area contributed by atoms with Crippen molar-refractivity contribution in [2.24, 2.45) is 0 Å². The summed E-state index contributed by atoms with van der Waals surface area (Å²) < 4.78 is 43.0. The van der Waals surface area contributed by atoms with Crippen LogP contribution in [0.3, 0.4) is 0 Å². The summed E-state index contributed by atoms with van der Waals surface area (Å²) in [6, 6.07) is 5.31. The van der Waals surface area contributed by atoms with Gasteiger partial charge in [-0.3, -0.25) is 0 Å². The summed E-state index contributed by atoms with van der Waals surface area (Å²) in [5.41, 5.74) is -1.19. The first-order chi connectivity index (χ1) is 10.3. The molecule has 1 aromatic heterocycles. The third-order valence-corrected chi connectivity index (χ3v) is 3.17. The van der Waals surface area contributed by atoms with Crippen molar-refractivity contribution in [2.75, 3.05) is 6.26 Å². The van der Waals surface area contributed by atoms with Crippen LogP contribution in [0, 0.1) is 0 Å². The van der Waals surface area contributed by atoms with Crippen LogP contribution in [0.25, 0.3) is 0 Å². The SMILES string of the molecule is CSc1cc(C(=O)O)c(Oc2cccc(C(F)(F)F)c2)nn1. The van der Waals surface area contributed by atoms with Crippen molar-refractivity contribution < 1.29 is 27.8 Å². The molecule has 0 radical (unpaired) electrons. The van der Waals surface area contributed by atoms with E-state index >= 15 is 0 Å². The van der Waals surface area contributed by atoms with E-state index in [1.807, 2.05) is 0 Å². The quantitative estimate of drug-likeness (QED) is 0.862. The first kappa shape index (κ1) is 16.1. The lowest BCUT2D eigenvalue weighted by Gasteiger charge is -2.10. The minimum absolute atomic E-state index is 0.177. The van der Waals surface area contributed by atoms with E-state index in [0.717, 1.165) is 18.2 Å². The molecule has 1 aromatic carbocycles. The topological polar surface area (TPSA) is 72.3 Å². The number of benzene rings is 1. The van der Waals surface area contributed by atoms with Crippen molar-refractivity contribution in [3.63, 3.8) is 0 Å². The molecule has 2 aromatic rings. The summed E-state index contributed by atoms with van der Waals surface area (Å²) in [5, 5.41) is 16.8. The third kappa shape index (κ3) is 3.67. The molecule has 0 atom stereocenters. The Labute approximate surface area is 127 Å². The normalized spacial score (nSPS) is 11.3. The highest BCUT2D eigenvalue weighted by Crippen LogP contribution is 2.33. The molecule has 1 heterocycles. The molecule has 5 nitrogen and oxygen atoms in total. The van der Waals surface area contributed by atoms with Gasteiger partial charge in [0.25, 0.3) is 5.88 Å². The second-order valence-electron chi connectivity index (χ2n) is 4.04. The monoisotopic (exact) mass is 330 g/mol. The summed E-state index contributed by atoms with van der Waals surface area (Å²) in [6.45, 7) is 0. The molecule has 0 aliphatic rings. The average molecular weight is 330 g/mol. The van der Waals surface area contributed by atoms with Gasteiger partial charge in [0.05, 0.1) is 5.56 Å². The van der Waals surface area contributed by atoms with Crippen LogP contribution in [0.2, 0.25) is 0 Å². The fraction of sp³-hybridized carbons (Fsp3) is 0.154. The molecule has 1 N–H and O–H groups in total. The number of halogens is 3. The predicted octanol–water partition coefficient (Wildman–Crippen LogP) is 3.71. The number of carboxylic acids is 1. The van der Waals surface area contributed by atoms with Gasteiger partial charge in [-0.05, 0) is 30.5 Å². The maximum Gasteiger partial charge on any atom is 0.416 e. The lowest BCUT2D eigenvalue weighted by atomic mass is 10.2. The van der Waals surface area contributed by atoms with E-state index in [2.05, 4.69) is 10.2 Å². The zero-order valence-corrected chi connectivity index (χ0v) is 11.9. The van der Waals surface area contributed by atoms with Crippen LogP contribution in [-0.4, -0.2) is 27.5 Å². The molecule has 0 bridgehead atoms. The van der Waals surface area contributed by atoms with Crippen molar-refractivity contribution in [1.29, 1.82) is 0 Å². The molecule has 0 amide bonds. The fourth-order valence-corrected chi connectivity index (χ4v) is 1.90. The van der Waals surface area contributed by atoms with Gasteiger partial charge in [0, 0.05) is 0 Å². The van der Waals surface area contributed by atoms with Crippen LogP contribution < -0.4 is 4.74 Å². The van der Waals surface area contributed by atoms with Crippen LogP contribution in [0.4, 0.5) is 13.2 Å². The van der Waals surface area contributed by atoms with Gasteiger partial charge in [0.2, 0.25) is 0 Å². The van der Waals surface area contributed by atoms with E-state index in [-0.39, 0.29) is 17.2 Å². The summed E-state index contributed by atoms with van der Waals surface area (Å²) in [7, 11) is 0. The number of aromatic nitrogens is 2. The minimum Gasteiger partial charge on any atom is -0.477 e. The Morgan fingerprint density at radius 1 is 1.27 bits per heavy atom. The second kappa shape index (κ2) is 6.22. The highest BCUT2D eigenvalue weighted by molar-refractivity contribution is 7.98. The maximum atomic E-state index is 12.6. The molecule has 22 heavy (non-hydrogen) atoms. The summed E-state index contributed by atoms with van der Waals surface area (Å²) in [5.74, 6) is -1.86. The van der Waals surface area contributed by atoms with Crippen molar-refractivity contribution in [1.82, 2.24) is 10.2 Å². The Morgan fingerprint density at radius 3 is 2.59 bits per heavy atom. The molecule has 116 valence electrons. The molecule has 0 saturated heterocycles. The van der Waals surface area contributed by atoms with E-state index < -0.39 is 17.7 Å². The Balaban J connectivity index is 2.37. The Morgan fingerprint density at radius 2 is 2.00 bits per heavy atom. The lowest BCUT2D eigenvalue weighted by Crippen LogP contribution is -2.06. The zero-order chi connectivity index (χ0) is 16.3. The molecule has 0 fully saturated rings. The smallest absolute Gasteiger partial charge is 0.416 e. The second-order valence-corrected chi connectivity index (χ2v) is 4.86. The predicted molar refractivity (Wildman–Crippen MR) is 72.3 cm³/mol. The van der Waals surface area contributed by atoms with E-state index in [4.69, 9.17) is 9.84 Å². The van der Waals surface area contributed by atoms with Crippen LogP contribution >= 0.6 is 11.8 Å². The number of hydrogen-bond acceptors (Lipinski definition) is 5. The number of carbonyl (C=O) groups is 1. The van der Waals surface area contributed by atoms with Crippen molar-refractivity contribution in [3.05, 3.63) is 41.5 Å². The van der Waals surface area contributed by atoms with Gasteiger partial charge in [0.15, 0.2) is 0 Å². The standard InChI is InChI=1S/C13H9F3N2O3S/c1-22-10-6-9(12(19)20)11(18-17-10)21-8-4-2-3-7(5-8)13(14,15)16/h2-6H,1H3,(H,19,20). The lowest BCUT2D eigenvalue weighted by molar-refractivity contribution is -0.137. The van der Waals surface area contributed by atoms with Crippen LogP contribution in [0.5, 0.6) is 11.6 Å². The van der Waals surface area contributed by atoms with E-state index in [1.54, 1.807) is 6.26 Å². The highest BCUT2D eigenvalue weighted by Gasteiger charge is 2.30. The molecule has 0 aliphatic carbocycles. The maximum absolute atomic E-state index is 12.6. The first-order valence-corrected chi connectivity index (χ1v) is 7.04. The largest absolute Gasteiger partial charge is 0.477 e. The number of carboxylic acid groups (broad SMARTS) is 1. The number of rotatable bonds is 4. The van der Waals surface area contributed by atoms with Gasteiger partial charge in [-0.1, -0.05) is 6.07 Å².